The average Bonchev–Trinajstić information content (AvgIpc) is 1.84. The van der Waals surface area contributed by atoms with Crippen molar-refractivity contribution in [2.45, 2.75) is 20.3 Å². The van der Waals surface area contributed by atoms with Crippen LogP contribution in [0.1, 0.15) is 20.3 Å². The minimum atomic E-state index is -2.82. The first-order valence-corrected chi connectivity index (χ1v) is 7.33. The quantitative estimate of drug-likeness (QED) is 0.639. The summed E-state index contributed by atoms with van der Waals surface area (Å²) in [5.41, 5.74) is 0. The molecule has 0 aliphatic rings. The van der Waals surface area contributed by atoms with Crippen molar-refractivity contribution < 1.29 is 9.09 Å². The zero-order chi connectivity index (χ0) is 8.04. The molecule has 0 N–H and O–H groups in total. The van der Waals surface area contributed by atoms with Crippen LogP contribution in [0.5, 0.6) is 0 Å². The van der Waals surface area contributed by atoms with Gasteiger partial charge in [-0.2, -0.15) is 0 Å². The zero-order valence-electron chi connectivity index (χ0n) is 6.17. The number of hydrogen-bond acceptors (Lipinski definition) is 3. The largest absolute Gasteiger partial charge is 0.346 e. The third kappa shape index (κ3) is 5.60. The van der Waals surface area contributed by atoms with Crippen LogP contribution >= 0.6 is 28.5 Å². The molecule has 0 amide bonds. The van der Waals surface area contributed by atoms with Gasteiger partial charge >= 0.3 is 5.92 Å². The Kier molecular flexibility index (Phi) is 5.93. The summed E-state index contributed by atoms with van der Waals surface area (Å²) in [4.78, 5) is 0. The molecule has 0 saturated heterocycles. The summed E-state index contributed by atoms with van der Waals surface area (Å²) in [6, 6.07) is 0. The molecule has 0 fully saturated rings. The lowest BCUT2D eigenvalue weighted by atomic mass is 10.6. The Hall–Kier alpha value is 0.830. The van der Waals surface area contributed by atoms with Gasteiger partial charge in [0, 0.05) is 5.75 Å². The molecule has 0 saturated carbocycles. The van der Waals surface area contributed by atoms with Gasteiger partial charge in [0.2, 0.25) is 0 Å². The topological polar surface area (TPSA) is 26.3 Å². The first kappa shape index (κ1) is 10.8. The summed E-state index contributed by atoms with van der Waals surface area (Å²) in [6.45, 7) is 4.20. The van der Waals surface area contributed by atoms with Crippen molar-refractivity contribution in [1.82, 2.24) is 0 Å². The highest BCUT2D eigenvalue weighted by Gasteiger charge is 2.17. The van der Waals surface area contributed by atoms with Crippen LogP contribution < -0.4 is 0 Å². The van der Waals surface area contributed by atoms with Gasteiger partial charge in [0.1, 0.15) is 0 Å². The Morgan fingerprint density at radius 3 is 2.60 bits per heavy atom. The van der Waals surface area contributed by atoms with Gasteiger partial charge in [0.05, 0.1) is 6.61 Å². The van der Waals surface area contributed by atoms with Crippen molar-refractivity contribution in [2.24, 2.45) is 0 Å². The predicted molar refractivity (Wildman–Crippen MR) is 47.8 cm³/mol. The summed E-state index contributed by atoms with van der Waals surface area (Å²) < 4.78 is 15.9. The van der Waals surface area contributed by atoms with E-state index in [0.29, 0.717) is 6.61 Å². The third-order valence-electron chi connectivity index (χ3n) is 0.733. The second-order valence-corrected chi connectivity index (χ2v) is 7.62. The molecule has 0 heterocycles. The maximum absolute atomic E-state index is 11.1. The molecule has 0 aliphatic heterocycles. The van der Waals surface area contributed by atoms with Crippen molar-refractivity contribution in [3.63, 3.8) is 0 Å². The number of rotatable bonds is 5. The third-order valence-corrected chi connectivity index (χ3v) is 5.16. The fourth-order valence-corrected chi connectivity index (χ4v) is 3.83. The molecular weight excluding hydrogens is 191 g/mol. The maximum Gasteiger partial charge on any atom is 0.346 e. The smallest absolute Gasteiger partial charge is 0.310 e. The summed E-state index contributed by atoms with van der Waals surface area (Å²) in [7, 11) is 0. The molecule has 5 heteroatoms. The van der Waals surface area contributed by atoms with Gasteiger partial charge in [0.15, 0.2) is 0 Å². The normalized spacial score (nSPS) is 16.7. The highest BCUT2D eigenvalue weighted by Crippen LogP contribution is 2.64. The van der Waals surface area contributed by atoms with E-state index < -0.39 is 5.92 Å². The first-order chi connectivity index (χ1) is 4.62. The molecule has 2 nitrogen and oxygen atoms in total. The van der Waals surface area contributed by atoms with Crippen LogP contribution in [0.3, 0.4) is 0 Å². The molecule has 1 atom stereocenters. The van der Waals surface area contributed by atoms with Crippen molar-refractivity contribution in [2.75, 3.05) is 12.4 Å². The molecule has 0 bridgehead atoms. The second kappa shape index (κ2) is 5.48. The Labute approximate surface area is 70.7 Å². The first-order valence-electron chi connectivity index (χ1n) is 3.21. The van der Waals surface area contributed by atoms with E-state index in [1.165, 1.54) is 11.4 Å². The fraction of sp³-hybridized carbons (Fsp3) is 1.00. The molecule has 0 radical (unpaired) electrons. The Morgan fingerprint density at radius 2 is 2.20 bits per heavy atom. The van der Waals surface area contributed by atoms with Gasteiger partial charge in [-0.15, -0.1) is 0 Å². The van der Waals surface area contributed by atoms with Gasteiger partial charge in [-0.3, -0.25) is 4.57 Å². The summed E-state index contributed by atoms with van der Waals surface area (Å²) >= 11 is 6.71. The second-order valence-electron chi connectivity index (χ2n) is 1.68. The summed E-state index contributed by atoms with van der Waals surface area (Å²) in [6.07, 6.45) is 0.967. The van der Waals surface area contributed by atoms with Crippen molar-refractivity contribution in [3.05, 3.63) is 0 Å². The van der Waals surface area contributed by atoms with Crippen LogP contribution in [-0.4, -0.2) is 12.4 Å². The molecule has 0 aliphatic carbocycles. The summed E-state index contributed by atoms with van der Waals surface area (Å²) in [5.74, 6) is -2.03. The molecular formula is C5H12ClO2PS. The Bertz CT molecular complexity index is 131. The van der Waals surface area contributed by atoms with Crippen LogP contribution in [0.15, 0.2) is 0 Å². The van der Waals surface area contributed by atoms with Crippen molar-refractivity contribution in [1.29, 1.82) is 0 Å². The van der Waals surface area contributed by atoms with Gasteiger partial charge in [0.25, 0.3) is 0 Å². The average molecular weight is 203 g/mol. The van der Waals surface area contributed by atoms with E-state index in [9.17, 15) is 4.57 Å². The van der Waals surface area contributed by atoms with Crippen LogP contribution in [0.25, 0.3) is 0 Å². The number of hydrogen-bond donors (Lipinski definition) is 0. The van der Waals surface area contributed by atoms with E-state index in [1.54, 1.807) is 6.92 Å². The summed E-state index contributed by atoms with van der Waals surface area (Å²) in [5, 5.41) is 0. The van der Waals surface area contributed by atoms with E-state index >= 15 is 0 Å². The lowest BCUT2D eigenvalue weighted by Crippen LogP contribution is -1.80. The van der Waals surface area contributed by atoms with E-state index in [1.807, 2.05) is 6.92 Å². The van der Waals surface area contributed by atoms with Gasteiger partial charge in [-0.25, -0.2) is 0 Å². The lowest BCUT2D eigenvalue weighted by molar-refractivity contribution is 0.356. The van der Waals surface area contributed by atoms with Crippen LogP contribution in [0.2, 0.25) is 0 Å². The Balaban J connectivity index is 3.53. The molecule has 10 heavy (non-hydrogen) atoms. The lowest BCUT2D eigenvalue weighted by Gasteiger charge is -2.06. The highest BCUT2D eigenvalue weighted by molar-refractivity contribution is 8.63. The van der Waals surface area contributed by atoms with E-state index in [0.717, 1.165) is 12.2 Å². The monoisotopic (exact) mass is 202 g/mol. The van der Waals surface area contributed by atoms with Crippen LogP contribution in [0, 0.1) is 0 Å². The van der Waals surface area contributed by atoms with Gasteiger partial charge in [-0.1, -0.05) is 18.3 Å². The number of halogens is 1. The van der Waals surface area contributed by atoms with Crippen molar-refractivity contribution in [3.8, 4) is 0 Å². The van der Waals surface area contributed by atoms with E-state index in [2.05, 4.69) is 0 Å². The Morgan fingerprint density at radius 1 is 1.60 bits per heavy atom. The molecule has 0 aromatic heterocycles. The molecule has 0 rings (SSSR count). The van der Waals surface area contributed by atoms with E-state index in [-0.39, 0.29) is 0 Å². The maximum atomic E-state index is 11.1. The minimum absolute atomic E-state index is 0.414. The molecule has 1 unspecified atom stereocenters. The van der Waals surface area contributed by atoms with Crippen LogP contribution in [-0.2, 0) is 9.09 Å². The molecule has 62 valence electrons. The van der Waals surface area contributed by atoms with E-state index in [4.69, 9.17) is 15.8 Å². The molecule has 0 aromatic carbocycles. The zero-order valence-corrected chi connectivity index (χ0v) is 8.64. The van der Waals surface area contributed by atoms with Gasteiger partial charge < -0.3 is 4.52 Å². The van der Waals surface area contributed by atoms with Crippen molar-refractivity contribution >= 4 is 28.5 Å². The molecule has 0 spiro atoms. The minimum Gasteiger partial charge on any atom is -0.310 e. The predicted octanol–water partition coefficient (Wildman–Crippen LogP) is 3.51. The molecule has 0 aromatic rings. The standard InChI is InChI=1S/C5H12ClO2PS/c1-3-5-10-9(6,7)8-4-2/h3-5H2,1-2H3. The fourth-order valence-electron chi connectivity index (χ4n) is 0.392. The SMILES string of the molecule is CCCSP(=O)(Cl)OCC. The van der Waals surface area contributed by atoms with Gasteiger partial charge in [-0.05, 0) is 24.6 Å². The highest BCUT2D eigenvalue weighted by atomic mass is 35.7. The van der Waals surface area contributed by atoms with Crippen LogP contribution in [0.4, 0.5) is 0 Å².